The minimum absolute atomic E-state index is 0.0734. The van der Waals surface area contributed by atoms with Gasteiger partial charge >= 0.3 is 5.97 Å². The van der Waals surface area contributed by atoms with Crippen LogP contribution in [0.2, 0.25) is 0 Å². The van der Waals surface area contributed by atoms with Gasteiger partial charge in [0.25, 0.3) is 0 Å². The van der Waals surface area contributed by atoms with Gasteiger partial charge in [0, 0.05) is 26.3 Å². The van der Waals surface area contributed by atoms with Crippen LogP contribution >= 0.6 is 0 Å². The lowest BCUT2D eigenvalue weighted by molar-refractivity contribution is 0.0686. The third-order valence-electron chi connectivity index (χ3n) is 2.73. The van der Waals surface area contributed by atoms with Crippen molar-refractivity contribution in [3.8, 4) is 0 Å². The maximum Gasteiger partial charge on any atom is 0.352 e. The molecule has 0 radical (unpaired) electrons. The number of aromatic carboxylic acids is 1. The summed E-state index contributed by atoms with van der Waals surface area (Å²) >= 11 is 0. The van der Waals surface area contributed by atoms with Crippen molar-refractivity contribution in [3.05, 3.63) is 18.0 Å². The Kier molecular flexibility index (Phi) is 6.34. The minimum Gasteiger partial charge on any atom is -0.477 e. The first-order valence-electron chi connectivity index (χ1n) is 6.36. The first-order chi connectivity index (χ1) is 9.74. The molecule has 0 aliphatic rings. The number of carboxylic acids is 1. The molecule has 1 aromatic rings. The van der Waals surface area contributed by atoms with Crippen molar-refractivity contribution in [3.63, 3.8) is 0 Å². The predicted molar refractivity (Wildman–Crippen MR) is 76.9 cm³/mol. The van der Waals surface area contributed by atoms with E-state index < -0.39 is 16.0 Å². The average Bonchev–Trinajstić information content (AvgIpc) is 2.76. The quantitative estimate of drug-likeness (QED) is 0.600. The van der Waals surface area contributed by atoms with Crippen molar-refractivity contribution in [2.45, 2.75) is 4.90 Å². The largest absolute Gasteiger partial charge is 0.477 e. The summed E-state index contributed by atoms with van der Waals surface area (Å²) in [5.74, 6) is -1.18. The van der Waals surface area contributed by atoms with Crippen molar-refractivity contribution in [2.75, 3.05) is 40.4 Å². The summed E-state index contributed by atoms with van der Waals surface area (Å²) in [5.41, 5.74) is -0.0855. The van der Waals surface area contributed by atoms with Gasteiger partial charge in [-0.05, 0) is 20.2 Å². The maximum atomic E-state index is 12.0. The smallest absolute Gasteiger partial charge is 0.352 e. The van der Waals surface area contributed by atoms with Crippen LogP contribution in [0.5, 0.6) is 0 Å². The number of hydrogen-bond acceptors (Lipinski definition) is 5. The van der Waals surface area contributed by atoms with Gasteiger partial charge in [-0.2, -0.15) is 0 Å². The molecule has 0 fully saturated rings. The molecule has 0 saturated carbocycles. The topological polar surface area (TPSA) is 101 Å². The molecule has 0 aromatic carbocycles. The first-order valence-corrected chi connectivity index (χ1v) is 7.84. The number of sulfonamides is 1. The zero-order chi connectivity index (χ0) is 16.0. The molecule has 1 aromatic heterocycles. The maximum absolute atomic E-state index is 12.0. The molecule has 0 amide bonds. The van der Waals surface area contributed by atoms with Crippen LogP contribution in [-0.2, 0) is 21.8 Å². The summed E-state index contributed by atoms with van der Waals surface area (Å²) in [7, 11) is 1.59. The van der Waals surface area contributed by atoms with Crippen LogP contribution in [0.1, 0.15) is 10.5 Å². The molecule has 0 spiro atoms. The van der Waals surface area contributed by atoms with Crippen LogP contribution in [0, 0.1) is 0 Å². The van der Waals surface area contributed by atoms with Crippen LogP contribution in [0.4, 0.5) is 0 Å². The second kappa shape index (κ2) is 7.55. The molecule has 0 unspecified atom stereocenters. The Balaban J connectivity index is 2.50. The van der Waals surface area contributed by atoms with Gasteiger partial charge in [0.2, 0.25) is 10.0 Å². The molecule has 9 heteroatoms. The van der Waals surface area contributed by atoms with Crippen LogP contribution in [0.3, 0.4) is 0 Å². The third kappa shape index (κ3) is 5.46. The second-order valence-electron chi connectivity index (χ2n) is 4.79. The highest BCUT2D eigenvalue weighted by molar-refractivity contribution is 7.89. The van der Waals surface area contributed by atoms with Crippen LogP contribution in [-0.4, -0.2) is 69.4 Å². The molecule has 21 heavy (non-hydrogen) atoms. The third-order valence-corrected chi connectivity index (χ3v) is 4.16. The normalized spacial score (nSPS) is 12.0. The number of hydrogen-bond donors (Lipinski definition) is 2. The molecule has 8 nitrogen and oxygen atoms in total. The number of carbonyl (C=O) groups is 1. The lowest BCUT2D eigenvalue weighted by Gasteiger charge is -2.10. The van der Waals surface area contributed by atoms with Crippen molar-refractivity contribution in [1.82, 2.24) is 14.2 Å². The molecule has 120 valence electrons. The van der Waals surface area contributed by atoms with Gasteiger partial charge in [-0.25, -0.2) is 17.9 Å². The molecule has 2 N–H and O–H groups in total. The van der Waals surface area contributed by atoms with E-state index in [4.69, 9.17) is 9.84 Å². The number of rotatable bonds is 9. The van der Waals surface area contributed by atoms with Crippen LogP contribution < -0.4 is 4.72 Å². The van der Waals surface area contributed by atoms with Gasteiger partial charge in [-0.3, -0.25) is 0 Å². The predicted octanol–water partition coefficient (Wildman–Crippen LogP) is -0.420. The fourth-order valence-electron chi connectivity index (χ4n) is 1.57. The van der Waals surface area contributed by atoms with E-state index in [1.165, 1.54) is 17.8 Å². The number of ether oxygens (including phenoxy) is 1. The monoisotopic (exact) mass is 319 g/mol. The highest BCUT2D eigenvalue weighted by atomic mass is 32.2. The van der Waals surface area contributed by atoms with E-state index in [2.05, 4.69) is 4.72 Å². The Bertz CT molecular complexity index is 580. The molecule has 0 aliphatic carbocycles. The van der Waals surface area contributed by atoms with Gasteiger partial charge in [0.1, 0.15) is 10.6 Å². The van der Waals surface area contributed by atoms with E-state index in [0.717, 1.165) is 12.6 Å². The fourth-order valence-corrected chi connectivity index (χ4v) is 2.66. The first kappa shape index (κ1) is 17.6. The average molecular weight is 319 g/mol. The van der Waals surface area contributed by atoms with Gasteiger partial charge in [-0.15, -0.1) is 0 Å². The summed E-state index contributed by atoms with van der Waals surface area (Å²) < 4.78 is 32.9. The number of likely N-dealkylation sites (N-methyl/N-ethyl adjacent to an activating group) is 1. The molecular weight excluding hydrogens is 298 g/mol. The Hall–Kier alpha value is -1.42. The zero-order valence-corrected chi connectivity index (χ0v) is 13.2. The minimum atomic E-state index is -3.72. The molecule has 0 aliphatic heterocycles. The number of aromatic nitrogens is 1. The second-order valence-corrected chi connectivity index (χ2v) is 6.56. The summed E-state index contributed by atoms with van der Waals surface area (Å²) in [5, 5.41) is 8.90. The number of carboxylic acid groups (broad SMARTS) is 1. The molecule has 0 saturated heterocycles. The summed E-state index contributed by atoms with van der Waals surface area (Å²) in [4.78, 5) is 12.8. The van der Waals surface area contributed by atoms with Crippen molar-refractivity contribution in [2.24, 2.45) is 7.05 Å². The van der Waals surface area contributed by atoms with Crippen molar-refractivity contribution >= 4 is 16.0 Å². The Morgan fingerprint density at radius 3 is 2.62 bits per heavy atom. The lowest BCUT2D eigenvalue weighted by Crippen LogP contribution is -2.28. The van der Waals surface area contributed by atoms with E-state index in [1.807, 2.05) is 19.0 Å². The van der Waals surface area contributed by atoms with Gasteiger partial charge < -0.3 is 19.3 Å². The number of nitrogens with zero attached hydrogens (tertiary/aromatic N) is 2. The SMILES string of the molecule is CN(C)CCOCCNS(=O)(=O)c1cc(C(=O)O)n(C)c1. The van der Waals surface area contributed by atoms with E-state index in [9.17, 15) is 13.2 Å². The molecule has 0 atom stereocenters. The molecule has 1 rings (SSSR count). The van der Waals surface area contributed by atoms with Gasteiger partial charge in [0.05, 0.1) is 13.2 Å². The Morgan fingerprint density at radius 2 is 2.10 bits per heavy atom. The zero-order valence-electron chi connectivity index (χ0n) is 12.4. The summed E-state index contributed by atoms with van der Waals surface area (Å²) in [6.07, 6.45) is 1.26. The van der Waals surface area contributed by atoms with Crippen molar-refractivity contribution in [1.29, 1.82) is 0 Å². The Morgan fingerprint density at radius 1 is 1.43 bits per heavy atom. The van der Waals surface area contributed by atoms with E-state index in [-0.39, 0.29) is 23.7 Å². The summed E-state index contributed by atoms with van der Waals surface area (Å²) in [6.45, 7) is 1.66. The highest BCUT2D eigenvalue weighted by Crippen LogP contribution is 2.13. The highest BCUT2D eigenvalue weighted by Gasteiger charge is 2.19. The van der Waals surface area contributed by atoms with Crippen molar-refractivity contribution < 1.29 is 23.1 Å². The number of aryl methyl sites for hydroxylation is 1. The van der Waals surface area contributed by atoms with E-state index in [1.54, 1.807) is 0 Å². The van der Waals surface area contributed by atoms with E-state index in [0.29, 0.717) is 6.61 Å². The van der Waals surface area contributed by atoms with Crippen LogP contribution in [0.15, 0.2) is 17.2 Å². The standard InChI is InChI=1S/C12H21N3O5S/c1-14(2)5-7-20-6-4-13-21(18,19)10-8-11(12(16)17)15(3)9-10/h8-9,13H,4-7H2,1-3H3,(H,16,17). The molecular formula is C12H21N3O5S. The Labute approximate surface area is 124 Å². The lowest BCUT2D eigenvalue weighted by atomic mass is 10.4. The number of nitrogens with one attached hydrogen (secondary N) is 1. The molecule has 1 heterocycles. The van der Waals surface area contributed by atoms with Gasteiger partial charge in [-0.1, -0.05) is 0 Å². The van der Waals surface area contributed by atoms with Crippen LogP contribution in [0.25, 0.3) is 0 Å². The summed E-state index contributed by atoms with van der Waals surface area (Å²) in [6, 6.07) is 1.12. The van der Waals surface area contributed by atoms with Gasteiger partial charge in [0.15, 0.2) is 0 Å². The van der Waals surface area contributed by atoms with E-state index >= 15 is 0 Å². The molecule has 0 bridgehead atoms. The fraction of sp³-hybridized carbons (Fsp3) is 0.583.